The van der Waals surface area contributed by atoms with E-state index in [2.05, 4.69) is 26.0 Å². The number of carbonyl (C=O) groups excluding carboxylic acids is 1. The van der Waals surface area contributed by atoms with Crippen molar-refractivity contribution in [2.24, 2.45) is 0 Å². The zero-order valence-electron chi connectivity index (χ0n) is 36.2. The summed E-state index contributed by atoms with van der Waals surface area (Å²) in [5, 5.41) is 62.5. The summed E-state index contributed by atoms with van der Waals surface area (Å²) in [5.41, 5.74) is 0. The van der Waals surface area contributed by atoms with Crippen molar-refractivity contribution in [2.75, 3.05) is 13.2 Å². The molecule has 8 heteroatoms. The van der Waals surface area contributed by atoms with Gasteiger partial charge < -0.3 is 35.5 Å². The van der Waals surface area contributed by atoms with Crippen molar-refractivity contribution in [1.82, 2.24) is 4.90 Å². The fourth-order valence-electron chi connectivity index (χ4n) is 7.71. The van der Waals surface area contributed by atoms with Gasteiger partial charge in [0.25, 0.3) is 5.91 Å². The first-order chi connectivity index (χ1) is 26.8. The van der Waals surface area contributed by atoms with Gasteiger partial charge in [-0.3, -0.25) is 4.79 Å². The minimum atomic E-state index is -1.71. The number of unbranched alkanes of at least 4 members (excludes halogenated alkanes) is 30. The summed E-state index contributed by atoms with van der Waals surface area (Å²) in [6.45, 7) is 2.96. The van der Waals surface area contributed by atoms with E-state index in [1.165, 1.54) is 161 Å². The van der Waals surface area contributed by atoms with Crippen LogP contribution in [0.25, 0.3) is 0 Å². The molecule has 328 valence electrons. The molecule has 8 nitrogen and oxygen atoms in total. The Bertz CT molecular complexity index is 827. The second kappa shape index (κ2) is 41.1. The van der Waals surface area contributed by atoms with E-state index in [0.717, 1.165) is 43.4 Å². The molecule has 0 aliphatic rings. The van der Waals surface area contributed by atoms with Crippen LogP contribution in [-0.2, 0) is 4.79 Å². The van der Waals surface area contributed by atoms with E-state index >= 15 is 0 Å². The summed E-state index contributed by atoms with van der Waals surface area (Å²) in [7, 11) is 0. The van der Waals surface area contributed by atoms with Crippen molar-refractivity contribution < 1.29 is 35.4 Å². The maximum atomic E-state index is 13.2. The molecule has 0 heterocycles. The highest BCUT2D eigenvalue weighted by molar-refractivity contribution is 5.81. The molecule has 0 aromatic carbocycles. The molecule has 0 aliphatic heterocycles. The predicted octanol–water partition coefficient (Wildman–Crippen LogP) is 10.8. The van der Waals surface area contributed by atoms with Crippen LogP contribution in [-0.4, -0.2) is 85.2 Å². The molecular weight excluding hydrogens is 691 g/mol. The predicted molar refractivity (Wildman–Crippen MR) is 231 cm³/mol. The number of amides is 1. The molecule has 0 aromatic rings. The highest BCUT2D eigenvalue weighted by Gasteiger charge is 2.38. The minimum Gasteiger partial charge on any atom is -0.394 e. The van der Waals surface area contributed by atoms with Gasteiger partial charge in [-0.25, -0.2) is 0 Å². The summed E-state index contributed by atoms with van der Waals surface area (Å²) in [6.07, 6.45) is 39.6. The molecule has 0 spiro atoms. The number of aliphatic hydroxyl groups is 6. The van der Waals surface area contributed by atoms with Crippen molar-refractivity contribution in [3.63, 3.8) is 0 Å². The largest absolute Gasteiger partial charge is 0.394 e. The van der Waals surface area contributed by atoms with Crippen molar-refractivity contribution in [3.8, 4) is 0 Å². The summed E-state index contributed by atoms with van der Waals surface area (Å²) in [5.74, 6) is -0.853. The highest BCUT2D eigenvalue weighted by Crippen LogP contribution is 2.20. The molecular formula is C47H93NO7. The summed E-state index contributed by atoms with van der Waals surface area (Å²) < 4.78 is 0. The van der Waals surface area contributed by atoms with Crippen LogP contribution in [0.4, 0.5) is 0 Å². The van der Waals surface area contributed by atoms with E-state index in [9.17, 15) is 35.4 Å². The first-order valence-corrected chi connectivity index (χ1v) is 23.8. The van der Waals surface area contributed by atoms with Gasteiger partial charge in [-0.15, -0.1) is 0 Å². The lowest BCUT2D eigenvalue weighted by atomic mass is 9.97. The molecule has 0 saturated carbocycles. The Labute approximate surface area is 340 Å². The van der Waals surface area contributed by atoms with Crippen LogP contribution in [0, 0.1) is 0 Å². The van der Waals surface area contributed by atoms with Gasteiger partial charge in [0, 0.05) is 0 Å². The lowest BCUT2D eigenvalue weighted by Crippen LogP contribution is -2.59. The number of nitrogens with zero attached hydrogens (tertiary/aromatic N) is 1. The molecule has 0 bridgehead atoms. The van der Waals surface area contributed by atoms with Gasteiger partial charge in [0.2, 0.25) is 0 Å². The lowest BCUT2D eigenvalue weighted by Gasteiger charge is -2.38. The monoisotopic (exact) mass is 784 g/mol. The number of allylic oxidation sites excluding steroid dienone is 2. The number of hydrogen-bond acceptors (Lipinski definition) is 7. The molecule has 0 rings (SSSR count). The van der Waals surface area contributed by atoms with Crippen molar-refractivity contribution in [3.05, 3.63) is 12.2 Å². The number of aliphatic hydroxyl groups excluding tert-OH is 6. The Balaban J connectivity index is 4.13. The van der Waals surface area contributed by atoms with Crippen molar-refractivity contribution in [1.29, 1.82) is 0 Å². The van der Waals surface area contributed by atoms with E-state index in [-0.39, 0.29) is 6.42 Å². The quantitative estimate of drug-likeness (QED) is 0.0205. The SMILES string of the molecule is CCCC/C=C/CCCCCCCCCCCCCCCC[C@@H](O)[C@@H](O)[C@H](CO)N(C(=O)[C@H](O)CCCCCCCCCCCCCCCCC)[C@@H](O)CO. The molecule has 6 N–H and O–H groups in total. The molecule has 0 radical (unpaired) electrons. The zero-order chi connectivity index (χ0) is 40.6. The normalized spacial score (nSPS) is 14.7. The van der Waals surface area contributed by atoms with Gasteiger partial charge in [0.1, 0.15) is 12.2 Å². The Morgan fingerprint density at radius 1 is 0.455 bits per heavy atom. The van der Waals surface area contributed by atoms with Gasteiger partial charge in [0.05, 0.1) is 25.4 Å². The van der Waals surface area contributed by atoms with Crippen molar-refractivity contribution >= 4 is 5.91 Å². The second-order valence-electron chi connectivity index (χ2n) is 16.6. The van der Waals surface area contributed by atoms with E-state index in [4.69, 9.17) is 0 Å². The molecule has 5 atom stereocenters. The molecule has 0 saturated heterocycles. The molecule has 0 fully saturated rings. The first kappa shape index (κ1) is 54.0. The topological polar surface area (TPSA) is 142 Å². The van der Waals surface area contributed by atoms with E-state index in [1.54, 1.807) is 0 Å². The Morgan fingerprint density at radius 3 is 1.18 bits per heavy atom. The summed E-state index contributed by atoms with van der Waals surface area (Å²) >= 11 is 0. The van der Waals surface area contributed by atoms with Gasteiger partial charge in [0.15, 0.2) is 6.23 Å². The van der Waals surface area contributed by atoms with Crippen LogP contribution in [0.2, 0.25) is 0 Å². The number of hydrogen-bond donors (Lipinski definition) is 6. The van der Waals surface area contributed by atoms with E-state index < -0.39 is 49.7 Å². The molecule has 0 aliphatic carbocycles. The summed E-state index contributed by atoms with van der Waals surface area (Å²) in [6, 6.07) is -1.34. The Morgan fingerprint density at radius 2 is 0.800 bits per heavy atom. The minimum absolute atomic E-state index is 0.195. The van der Waals surface area contributed by atoms with Gasteiger partial charge >= 0.3 is 0 Å². The first-order valence-electron chi connectivity index (χ1n) is 23.8. The lowest BCUT2D eigenvalue weighted by molar-refractivity contribution is -0.171. The van der Waals surface area contributed by atoms with Crippen LogP contribution >= 0.6 is 0 Å². The summed E-state index contributed by atoms with van der Waals surface area (Å²) in [4.78, 5) is 14.0. The molecule has 55 heavy (non-hydrogen) atoms. The third kappa shape index (κ3) is 31.6. The third-order valence-electron chi connectivity index (χ3n) is 11.4. The molecule has 0 aromatic heterocycles. The molecule has 1 amide bonds. The second-order valence-corrected chi connectivity index (χ2v) is 16.6. The van der Waals surface area contributed by atoms with Crippen LogP contribution in [0.5, 0.6) is 0 Å². The average Bonchev–Trinajstić information content (AvgIpc) is 3.19. The highest BCUT2D eigenvalue weighted by atomic mass is 16.4. The van der Waals surface area contributed by atoms with Gasteiger partial charge in [-0.05, 0) is 32.1 Å². The zero-order valence-corrected chi connectivity index (χ0v) is 36.2. The smallest absolute Gasteiger partial charge is 0.253 e. The maximum absolute atomic E-state index is 13.2. The standard InChI is InChI=1S/C47H93NO7/c1-3-5-7-9-11-13-15-17-19-20-21-22-23-25-26-28-30-32-34-36-38-43(51)46(54)42(40-49)48(45(53)41-50)47(55)44(52)39-37-35-33-31-29-27-24-18-16-14-12-10-8-6-4-2/h9,11,42-46,49-54H,3-8,10,12-41H2,1-2H3/b11-9+/t42-,43+,44+,45-,46-/m0/s1. The maximum Gasteiger partial charge on any atom is 0.253 e. The Kier molecular flexibility index (Phi) is 40.4. The third-order valence-corrected chi connectivity index (χ3v) is 11.4. The van der Waals surface area contributed by atoms with Crippen LogP contribution in [0.1, 0.15) is 239 Å². The fourth-order valence-corrected chi connectivity index (χ4v) is 7.71. The van der Waals surface area contributed by atoms with E-state index in [1.807, 2.05) is 0 Å². The van der Waals surface area contributed by atoms with Crippen LogP contribution in [0.3, 0.4) is 0 Å². The van der Waals surface area contributed by atoms with Crippen LogP contribution in [0.15, 0.2) is 12.2 Å². The van der Waals surface area contributed by atoms with Crippen LogP contribution < -0.4 is 0 Å². The van der Waals surface area contributed by atoms with Gasteiger partial charge in [-0.1, -0.05) is 219 Å². The fraction of sp³-hybridized carbons (Fsp3) is 0.936. The van der Waals surface area contributed by atoms with Gasteiger partial charge in [-0.2, -0.15) is 0 Å². The van der Waals surface area contributed by atoms with E-state index in [0.29, 0.717) is 19.3 Å². The molecule has 0 unspecified atom stereocenters. The average molecular weight is 784 g/mol. The number of carbonyl (C=O) groups is 1. The van der Waals surface area contributed by atoms with Crippen molar-refractivity contribution in [2.45, 2.75) is 269 Å². The Hall–Kier alpha value is -1.03. The number of rotatable bonds is 43.